The Morgan fingerprint density at radius 1 is 1.28 bits per heavy atom. The zero-order chi connectivity index (χ0) is 18.4. The van der Waals surface area contributed by atoms with Gasteiger partial charge in [0.05, 0.1) is 18.2 Å². The Kier molecular flexibility index (Phi) is 6.87. The standard InChI is InChI=1S/C18H24N2O4S/c1-13-5-7-15(8-6-13)25-12-17(22)19(2)11-16(21)20-9-3-4-14(10-20)18(23)24/h5-8,14H,3-4,9-12H2,1-2H3,(H,23,24). The Labute approximate surface area is 152 Å². The van der Waals surface area contributed by atoms with Gasteiger partial charge in [-0.1, -0.05) is 17.7 Å². The van der Waals surface area contributed by atoms with E-state index in [0.717, 1.165) is 4.90 Å². The summed E-state index contributed by atoms with van der Waals surface area (Å²) in [6, 6.07) is 7.93. The molecule has 0 spiro atoms. The van der Waals surface area contributed by atoms with E-state index in [-0.39, 0.29) is 30.7 Å². The quantitative estimate of drug-likeness (QED) is 0.780. The van der Waals surface area contributed by atoms with Crippen LogP contribution in [0.3, 0.4) is 0 Å². The number of hydrogen-bond acceptors (Lipinski definition) is 4. The molecule has 0 bridgehead atoms. The Hall–Kier alpha value is -2.02. The molecule has 1 heterocycles. The number of benzene rings is 1. The molecule has 1 aliphatic heterocycles. The first kappa shape index (κ1) is 19.3. The first-order valence-corrected chi connectivity index (χ1v) is 9.29. The molecule has 2 amide bonds. The van der Waals surface area contributed by atoms with Gasteiger partial charge in [0.15, 0.2) is 0 Å². The summed E-state index contributed by atoms with van der Waals surface area (Å²) < 4.78 is 0. The van der Waals surface area contributed by atoms with Crippen LogP contribution in [0.1, 0.15) is 18.4 Å². The van der Waals surface area contributed by atoms with Crippen LogP contribution in [0.25, 0.3) is 0 Å². The molecule has 7 heteroatoms. The van der Waals surface area contributed by atoms with Crippen molar-refractivity contribution in [3.63, 3.8) is 0 Å². The molecule has 0 aromatic heterocycles. The number of aryl methyl sites for hydroxylation is 1. The van der Waals surface area contributed by atoms with Crippen molar-refractivity contribution in [2.24, 2.45) is 5.92 Å². The van der Waals surface area contributed by atoms with Crippen molar-refractivity contribution in [3.05, 3.63) is 29.8 Å². The molecule has 0 aliphatic carbocycles. The highest BCUT2D eigenvalue weighted by Gasteiger charge is 2.28. The Bertz CT molecular complexity index is 632. The second-order valence-corrected chi connectivity index (χ2v) is 7.42. The summed E-state index contributed by atoms with van der Waals surface area (Å²) in [6.45, 7) is 2.78. The number of rotatable bonds is 6. The van der Waals surface area contributed by atoms with Crippen molar-refractivity contribution in [1.82, 2.24) is 9.80 Å². The van der Waals surface area contributed by atoms with Gasteiger partial charge in [0.2, 0.25) is 11.8 Å². The molecule has 1 aromatic rings. The number of carbonyl (C=O) groups is 3. The van der Waals surface area contributed by atoms with Gasteiger partial charge < -0.3 is 14.9 Å². The van der Waals surface area contributed by atoms with Crippen molar-refractivity contribution >= 4 is 29.5 Å². The molecule has 1 saturated heterocycles. The van der Waals surface area contributed by atoms with E-state index < -0.39 is 11.9 Å². The van der Waals surface area contributed by atoms with Crippen LogP contribution >= 0.6 is 11.8 Å². The zero-order valence-corrected chi connectivity index (χ0v) is 15.4. The number of carboxylic acids is 1. The Balaban J connectivity index is 1.80. The van der Waals surface area contributed by atoms with Gasteiger partial charge in [-0.05, 0) is 31.9 Å². The third kappa shape index (κ3) is 5.77. The van der Waals surface area contributed by atoms with E-state index in [1.54, 1.807) is 11.9 Å². The van der Waals surface area contributed by atoms with Gasteiger partial charge in [0.25, 0.3) is 0 Å². The molecule has 1 atom stereocenters. The molecule has 1 fully saturated rings. The van der Waals surface area contributed by atoms with Gasteiger partial charge >= 0.3 is 5.97 Å². The van der Waals surface area contributed by atoms with Crippen molar-refractivity contribution in [2.45, 2.75) is 24.7 Å². The predicted molar refractivity (Wildman–Crippen MR) is 96.5 cm³/mol. The summed E-state index contributed by atoms with van der Waals surface area (Å²) in [7, 11) is 1.61. The lowest BCUT2D eigenvalue weighted by molar-refractivity contribution is -0.147. The maximum atomic E-state index is 12.3. The van der Waals surface area contributed by atoms with Crippen LogP contribution in [0.4, 0.5) is 0 Å². The number of aliphatic carboxylic acids is 1. The number of nitrogens with zero attached hydrogens (tertiary/aromatic N) is 2. The number of amides is 2. The Morgan fingerprint density at radius 2 is 1.96 bits per heavy atom. The predicted octanol–water partition coefficient (Wildman–Crippen LogP) is 1.87. The maximum Gasteiger partial charge on any atom is 0.308 e. The molecule has 0 radical (unpaired) electrons. The van der Waals surface area contributed by atoms with Gasteiger partial charge in [-0.2, -0.15) is 0 Å². The van der Waals surface area contributed by atoms with Crippen LogP contribution in [0.15, 0.2) is 29.2 Å². The molecular weight excluding hydrogens is 340 g/mol. The fourth-order valence-electron chi connectivity index (χ4n) is 2.69. The van der Waals surface area contributed by atoms with Gasteiger partial charge in [0, 0.05) is 25.0 Å². The average molecular weight is 364 g/mol. The molecule has 136 valence electrons. The van der Waals surface area contributed by atoms with Crippen LogP contribution in [0.2, 0.25) is 0 Å². The number of thioether (sulfide) groups is 1. The van der Waals surface area contributed by atoms with Gasteiger partial charge in [-0.3, -0.25) is 14.4 Å². The minimum atomic E-state index is -0.864. The fourth-order valence-corrected chi connectivity index (χ4v) is 3.53. The number of piperidine rings is 1. The number of likely N-dealkylation sites (N-methyl/N-ethyl adjacent to an activating group) is 1. The van der Waals surface area contributed by atoms with E-state index >= 15 is 0 Å². The summed E-state index contributed by atoms with van der Waals surface area (Å²) in [6.07, 6.45) is 1.28. The van der Waals surface area contributed by atoms with E-state index in [9.17, 15) is 14.4 Å². The molecular formula is C18H24N2O4S. The van der Waals surface area contributed by atoms with Crippen molar-refractivity contribution in [2.75, 3.05) is 32.4 Å². The molecule has 0 saturated carbocycles. The van der Waals surface area contributed by atoms with E-state index in [1.807, 2.05) is 31.2 Å². The SMILES string of the molecule is Cc1ccc(SCC(=O)N(C)CC(=O)N2CCCC(C(=O)O)C2)cc1. The van der Waals surface area contributed by atoms with E-state index in [1.165, 1.54) is 22.2 Å². The van der Waals surface area contributed by atoms with Crippen LogP contribution in [0.5, 0.6) is 0 Å². The van der Waals surface area contributed by atoms with E-state index in [2.05, 4.69) is 0 Å². The van der Waals surface area contributed by atoms with Crippen molar-refractivity contribution < 1.29 is 19.5 Å². The number of hydrogen-bond donors (Lipinski definition) is 1. The first-order chi connectivity index (χ1) is 11.9. The minimum absolute atomic E-state index is 0.0143. The monoisotopic (exact) mass is 364 g/mol. The molecule has 1 N–H and O–H groups in total. The summed E-state index contributed by atoms with van der Waals surface area (Å²) >= 11 is 1.44. The van der Waals surface area contributed by atoms with Gasteiger partial charge in [0.1, 0.15) is 0 Å². The molecule has 2 rings (SSSR count). The smallest absolute Gasteiger partial charge is 0.308 e. The summed E-state index contributed by atoms with van der Waals surface area (Å²) in [5.41, 5.74) is 1.17. The van der Waals surface area contributed by atoms with Crippen LogP contribution in [0, 0.1) is 12.8 Å². The first-order valence-electron chi connectivity index (χ1n) is 8.31. The highest BCUT2D eigenvalue weighted by molar-refractivity contribution is 8.00. The summed E-state index contributed by atoms with van der Waals surface area (Å²) in [5, 5.41) is 9.10. The van der Waals surface area contributed by atoms with Crippen LogP contribution in [-0.4, -0.2) is 65.1 Å². The van der Waals surface area contributed by atoms with Crippen molar-refractivity contribution in [1.29, 1.82) is 0 Å². The second kappa shape index (κ2) is 8.89. The molecule has 6 nitrogen and oxygen atoms in total. The average Bonchev–Trinajstić information content (AvgIpc) is 2.60. The van der Waals surface area contributed by atoms with E-state index in [0.29, 0.717) is 19.4 Å². The number of likely N-dealkylation sites (tertiary alicyclic amines) is 1. The number of carboxylic acid groups (broad SMARTS) is 1. The number of carbonyl (C=O) groups excluding carboxylic acids is 2. The van der Waals surface area contributed by atoms with E-state index in [4.69, 9.17) is 5.11 Å². The topological polar surface area (TPSA) is 77.9 Å². The van der Waals surface area contributed by atoms with Crippen LogP contribution in [-0.2, 0) is 14.4 Å². The summed E-state index contributed by atoms with van der Waals surface area (Å²) in [5.74, 6) is -1.41. The van der Waals surface area contributed by atoms with Gasteiger partial charge in [-0.25, -0.2) is 0 Å². The molecule has 1 aliphatic rings. The lowest BCUT2D eigenvalue weighted by atomic mass is 9.98. The molecule has 25 heavy (non-hydrogen) atoms. The normalized spacial score (nSPS) is 17.2. The summed E-state index contributed by atoms with van der Waals surface area (Å²) in [4.78, 5) is 39.6. The maximum absolute atomic E-state index is 12.3. The minimum Gasteiger partial charge on any atom is -0.481 e. The highest BCUT2D eigenvalue weighted by atomic mass is 32.2. The second-order valence-electron chi connectivity index (χ2n) is 6.37. The van der Waals surface area contributed by atoms with Crippen LogP contribution < -0.4 is 0 Å². The lowest BCUT2D eigenvalue weighted by Crippen LogP contribution is -2.47. The molecule has 1 aromatic carbocycles. The Morgan fingerprint density at radius 3 is 2.60 bits per heavy atom. The third-order valence-electron chi connectivity index (χ3n) is 4.30. The fraction of sp³-hybridized carbons (Fsp3) is 0.500. The highest BCUT2D eigenvalue weighted by Crippen LogP contribution is 2.19. The third-order valence-corrected chi connectivity index (χ3v) is 5.30. The van der Waals surface area contributed by atoms with Gasteiger partial charge in [-0.15, -0.1) is 11.8 Å². The van der Waals surface area contributed by atoms with Crippen molar-refractivity contribution in [3.8, 4) is 0 Å². The molecule has 1 unspecified atom stereocenters. The lowest BCUT2D eigenvalue weighted by Gasteiger charge is -2.32. The largest absolute Gasteiger partial charge is 0.481 e. The zero-order valence-electron chi connectivity index (χ0n) is 14.6.